The molecule has 4 nitrogen and oxygen atoms in total. The minimum atomic E-state index is 0.144. The lowest BCUT2D eigenvalue weighted by Crippen LogP contribution is -2.37. The van der Waals surface area contributed by atoms with E-state index in [1.54, 1.807) is 0 Å². The quantitative estimate of drug-likeness (QED) is 0.381. The van der Waals surface area contributed by atoms with Crippen molar-refractivity contribution in [2.24, 2.45) is 10.8 Å². The normalized spacial score (nSPS) is 18.1. The molecule has 0 aliphatic carbocycles. The third-order valence-electron chi connectivity index (χ3n) is 3.44. The van der Waals surface area contributed by atoms with Gasteiger partial charge >= 0.3 is 0 Å². The van der Waals surface area contributed by atoms with Crippen LogP contribution in [0.15, 0.2) is 59.6 Å². The van der Waals surface area contributed by atoms with Gasteiger partial charge in [-0.15, -0.1) is 0 Å². The van der Waals surface area contributed by atoms with Gasteiger partial charge in [0.25, 0.3) is 0 Å². The van der Waals surface area contributed by atoms with Crippen molar-refractivity contribution >= 4 is 11.5 Å². The predicted octanol–water partition coefficient (Wildman–Crippen LogP) is 2.75. The van der Waals surface area contributed by atoms with E-state index < -0.39 is 0 Å². The second-order valence-electron chi connectivity index (χ2n) is 4.70. The van der Waals surface area contributed by atoms with Crippen molar-refractivity contribution in [2.45, 2.75) is 12.3 Å². The van der Waals surface area contributed by atoms with Gasteiger partial charge < -0.3 is 10.2 Å². The molecule has 0 fully saturated rings. The van der Waals surface area contributed by atoms with Crippen molar-refractivity contribution in [1.29, 1.82) is 0 Å². The zero-order chi connectivity index (χ0) is 13.8. The predicted molar refractivity (Wildman–Crippen MR) is 80.2 cm³/mol. The van der Waals surface area contributed by atoms with Crippen molar-refractivity contribution in [3.63, 3.8) is 0 Å². The smallest absolute Gasteiger partial charge is 0.124 e. The highest BCUT2D eigenvalue weighted by Gasteiger charge is 2.25. The first-order valence-corrected chi connectivity index (χ1v) is 6.70. The van der Waals surface area contributed by atoms with Crippen LogP contribution in [0, 0.1) is 0 Å². The second kappa shape index (κ2) is 5.75. The fourth-order valence-electron chi connectivity index (χ4n) is 2.48. The maximum atomic E-state index is 5.69. The molecule has 1 aliphatic heterocycles. The van der Waals surface area contributed by atoms with Crippen LogP contribution in [-0.2, 0) is 0 Å². The van der Waals surface area contributed by atoms with Gasteiger partial charge in [-0.05, 0) is 24.6 Å². The molecule has 0 radical (unpaired) electrons. The number of hydrogen-bond acceptors (Lipinski definition) is 3. The summed E-state index contributed by atoms with van der Waals surface area (Å²) < 4.78 is 5.67. The number of rotatable bonds is 2. The van der Waals surface area contributed by atoms with Crippen LogP contribution in [0.4, 0.5) is 5.69 Å². The summed E-state index contributed by atoms with van der Waals surface area (Å²) in [5.41, 5.74) is 4.78. The third kappa shape index (κ3) is 2.51. The zero-order valence-corrected chi connectivity index (χ0v) is 11.1. The number of hydrogen-bond donors (Lipinski definition) is 2. The molecule has 1 heterocycles. The van der Waals surface area contributed by atoms with Crippen molar-refractivity contribution < 1.29 is 4.74 Å². The summed E-state index contributed by atoms with van der Waals surface area (Å²) in [6.07, 6.45) is 0.868. The van der Waals surface area contributed by atoms with E-state index in [1.807, 2.05) is 48.5 Å². The average molecular weight is 267 g/mol. The van der Waals surface area contributed by atoms with Crippen LogP contribution in [0.25, 0.3) is 0 Å². The van der Waals surface area contributed by atoms with Crippen molar-refractivity contribution in [3.8, 4) is 5.75 Å². The van der Waals surface area contributed by atoms with Gasteiger partial charge in [-0.2, -0.15) is 0 Å². The van der Waals surface area contributed by atoms with Gasteiger partial charge in [0, 0.05) is 11.5 Å². The van der Waals surface area contributed by atoms with E-state index in [4.69, 9.17) is 10.6 Å². The van der Waals surface area contributed by atoms with E-state index in [-0.39, 0.29) is 5.92 Å². The molecule has 2 aromatic rings. The Labute approximate surface area is 118 Å². The molecule has 0 spiro atoms. The molecule has 102 valence electrons. The van der Waals surface area contributed by atoms with Gasteiger partial charge in [0.05, 0.1) is 12.3 Å². The lowest BCUT2D eigenvalue weighted by Gasteiger charge is -2.26. The number of amidine groups is 1. The molecule has 0 saturated carbocycles. The zero-order valence-electron chi connectivity index (χ0n) is 11.1. The average Bonchev–Trinajstić information content (AvgIpc) is 2.53. The number of nitrogens with one attached hydrogen (secondary N) is 1. The summed E-state index contributed by atoms with van der Waals surface area (Å²) in [5, 5.41) is 0. The molecule has 1 unspecified atom stereocenters. The Morgan fingerprint density at radius 2 is 1.85 bits per heavy atom. The Morgan fingerprint density at radius 1 is 1.10 bits per heavy atom. The van der Waals surface area contributed by atoms with Gasteiger partial charge in [0.2, 0.25) is 0 Å². The number of benzene rings is 2. The van der Waals surface area contributed by atoms with E-state index in [0.717, 1.165) is 29.3 Å². The van der Waals surface area contributed by atoms with Crippen LogP contribution in [0.3, 0.4) is 0 Å². The molecular weight excluding hydrogens is 250 g/mol. The van der Waals surface area contributed by atoms with Crippen LogP contribution >= 0.6 is 0 Å². The fraction of sp³-hybridized carbons (Fsp3) is 0.188. The summed E-state index contributed by atoms with van der Waals surface area (Å²) in [6.45, 7) is 0.678. The Kier molecular flexibility index (Phi) is 3.65. The van der Waals surface area contributed by atoms with Gasteiger partial charge in [-0.1, -0.05) is 36.4 Å². The monoisotopic (exact) mass is 267 g/mol. The number of aliphatic imine (C=N–C) groups is 1. The van der Waals surface area contributed by atoms with Gasteiger partial charge in [-0.25, -0.2) is 10.8 Å². The SMILES string of the molecule is NNC(=Nc1ccccc1)C1CCOc2ccccc21. The number of hydrazine groups is 1. The van der Waals surface area contributed by atoms with E-state index in [9.17, 15) is 0 Å². The number of nitrogens with two attached hydrogens (primary N) is 1. The maximum absolute atomic E-state index is 5.69. The van der Waals surface area contributed by atoms with Crippen LogP contribution in [0.2, 0.25) is 0 Å². The van der Waals surface area contributed by atoms with Crippen molar-refractivity contribution in [3.05, 3.63) is 60.2 Å². The van der Waals surface area contributed by atoms with Gasteiger partial charge in [-0.3, -0.25) is 0 Å². The number of fused-ring (bicyclic) bond motifs is 1. The second-order valence-corrected chi connectivity index (χ2v) is 4.70. The van der Waals surface area contributed by atoms with E-state index in [1.165, 1.54) is 0 Å². The van der Waals surface area contributed by atoms with Crippen LogP contribution in [-0.4, -0.2) is 12.4 Å². The molecule has 2 aromatic carbocycles. The molecule has 1 aliphatic rings. The first kappa shape index (κ1) is 12.7. The summed E-state index contributed by atoms with van der Waals surface area (Å²) in [5.74, 6) is 7.52. The number of nitrogens with zero attached hydrogens (tertiary/aromatic N) is 1. The molecule has 1 atom stereocenters. The highest BCUT2D eigenvalue weighted by molar-refractivity contribution is 5.91. The minimum absolute atomic E-state index is 0.144. The summed E-state index contributed by atoms with van der Waals surface area (Å²) in [6, 6.07) is 17.9. The first-order chi connectivity index (χ1) is 9.88. The molecule has 0 amide bonds. The van der Waals surface area contributed by atoms with Crippen molar-refractivity contribution in [2.75, 3.05) is 6.61 Å². The summed E-state index contributed by atoms with van der Waals surface area (Å²) in [4.78, 5) is 4.62. The molecule has 0 aromatic heterocycles. The molecule has 20 heavy (non-hydrogen) atoms. The standard InChI is InChI=1S/C16H17N3O/c17-19-16(18-12-6-2-1-3-7-12)14-10-11-20-15-9-5-4-8-13(14)15/h1-9,14H,10-11,17H2,(H,18,19). The highest BCUT2D eigenvalue weighted by Crippen LogP contribution is 2.34. The third-order valence-corrected chi connectivity index (χ3v) is 3.44. The first-order valence-electron chi connectivity index (χ1n) is 6.70. The van der Waals surface area contributed by atoms with E-state index in [2.05, 4.69) is 16.5 Å². The Bertz CT molecular complexity index is 610. The van der Waals surface area contributed by atoms with Crippen LogP contribution < -0.4 is 16.0 Å². The molecule has 3 rings (SSSR count). The molecule has 4 heteroatoms. The highest BCUT2D eigenvalue weighted by atomic mass is 16.5. The largest absolute Gasteiger partial charge is 0.493 e. The number of para-hydroxylation sites is 2. The lowest BCUT2D eigenvalue weighted by atomic mass is 9.92. The van der Waals surface area contributed by atoms with Gasteiger partial charge in [0.1, 0.15) is 11.6 Å². The molecule has 0 saturated heterocycles. The van der Waals surface area contributed by atoms with Crippen LogP contribution in [0.5, 0.6) is 5.75 Å². The van der Waals surface area contributed by atoms with Crippen molar-refractivity contribution in [1.82, 2.24) is 5.43 Å². The topological polar surface area (TPSA) is 59.6 Å². The molecule has 0 bridgehead atoms. The lowest BCUT2D eigenvalue weighted by molar-refractivity contribution is 0.281. The van der Waals surface area contributed by atoms with E-state index in [0.29, 0.717) is 6.61 Å². The Morgan fingerprint density at radius 3 is 2.65 bits per heavy atom. The molecular formula is C16H17N3O. The van der Waals surface area contributed by atoms with E-state index >= 15 is 0 Å². The summed E-state index contributed by atoms with van der Waals surface area (Å²) >= 11 is 0. The van der Waals surface area contributed by atoms with Crippen LogP contribution in [0.1, 0.15) is 17.9 Å². The molecule has 3 N–H and O–H groups in total. The Hall–Kier alpha value is -2.33. The maximum Gasteiger partial charge on any atom is 0.124 e. The van der Waals surface area contributed by atoms with Gasteiger partial charge in [0.15, 0.2) is 0 Å². The Balaban J connectivity index is 1.97. The fourth-order valence-corrected chi connectivity index (χ4v) is 2.48. The number of ether oxygens (including phenoxy) is 1. The summed E-state index contributed by atoms with van der Waals surface area (Å²) in [7, 11) is 0. The minimum Gasteiger partial charge on any atom is -0.493 e.